The Kier molecular flexibility index (Phi) is 4.40. The van der Waals surface area contributed by atoms with Gasteiger partial charge in [0.05, 0.1) is 16.3 Å². The molecule has 110 valence electrons. The number of primary amides is 1. The minimum atomic E-state index is -0.496. The minimum absolute atomic E-state index is 0.401. The molecule has 1 aliphatic heterocycles. The van der Waals surface area contributed by atoms with Gasteiger partial charge in [-0.2, -0.15) is 0 Å². The molecule has 1 saturated heterocycles. The van der Waals surface area contributed by atoms with Gasteiger partial charge in [0.1, 0.15) is 0 Å². The van der Waals surface area contributed by atoms with Gasteiger partial charge in [-0.3, -0.25) is 4.79 Å². The number of hydrogen-bond donors (Lipinski definition) is 2. The van der Waals surface area contributed by atoms with Gasteiger partial charge in [0.25, 0.3) is 5.91 Å². The zero-order chi connectivity index (χ0) is 14.9. The summed E-state index contributed by atoms with van der Waals surface area (Å²) in [6.07, 6.45) is 2.07. The quantitative estimate of drug-likeness (QED) is 0.830. The summed E-state index contributed by atoms with van der Waals surface area (Å²) in [6.45, 7) is 1.71. The lowest BCUT2D eigenvalue weighted by atomic mass is 10.0. The van der Waals surface area contributed by atoms with Gasteiger partial charge in [-0.25, -0.2) is 0 Å². The van der Waals surface area contributed by atoms with Gasteiger partial charge >= 0.3 is 0 Å². The topological polar surface area (TPSA) is 75.6 Å². The van der Waals surface area contributed by atoms with E-state index in [0.717, 1.165) is 25.9 Å². The van der Waals surface area contributed by atoms with Crippen LogP contribution in [0, 0.1) is 0 Å². The highest BCUT2D eigenvalue weighted by Crippen LogP contribution is 2.34. The van der Waals surface area contributed by atoms with Crippen molar-refractivity contribution in [1.29, 1.82) is 0 Å². The van der Waals surface area contributed by atoms with E-state index in [1.165, 1.54) is 0 Å². The largest absolute Gasteiger partial charge is 0.399 e. The number of nitrogens with two attached hydrogens (primary N) is 2. The molecule has 4 N–H and O–H groups in total. The third-order valence-corrected chi connectivity index (χ3v) is 4.15. The Morgan fingerprint density at radius 2 is 1.95 bits per heavy atom. The van der Waals surface area contributed by atoms with Gasteiger partial charge in [0, 0.05) is 24.8 Å². The molecule has 0 bridgehead atoms. The molecule has 1 aromatic rings. The molecule has 1 heterocycles. The average molecular weight is 297 g/mol. The number of nitrogen functional groups attached to an aromatic ring is 1. The van der Waals surface area contributed by atoms with Crippen LogP contribution in [0.4, 0.5) is 11.4 Å². The lowest BCUT2D eigenvalue weighted by Crippen LogP contribution is -2.42. The predicted molar refractivity (Wildman–Crippen MR) is 83.3 cm³/mol. The number of anilines is 2. The summed E-state index contributed by atoms with van der Waals surface area (Å²) in [5.41, 5.74) is 12.8. The maximum absolute atomic E-state index is 11.6. The number of benzene rings is 1. The fourth-order valence-corrected chi connectivity index (χ4v) is 3.08. The van der Waals surface area contributed by atoms with Crippen molar-refractivity contribution in [2.75, 3.05) is 37.8 Å². The monoisotopic (exact) mass is 296 g/mol. The zero-order valence-corrected chi connectivity index (χ0v) is 12.7. The van der Waals surface area contributed by atoms with E-state index in [4.69, 9.17) is 23.1 Å². The number of halogens is 1. The van der Waals surface area contributed by atoms with Crippen molar-refractivity contribution >= 4 is 28.9 Å². The molecule has 0 spiro atoms. The number of carbonyl (C=O) groups excluding carboxylic acids is 1. The molecule has 0 radical (unpaired) electrons. The summed E-state index contributed by atoms with van der Waals surface area (Å²) in [7, 11) is 4.18. The van der Waals surface area contributed by atoms with E-state index in [1.807, 2.05) is 0 Å². The molecule has 1 aromatic carbocycles. The molecule has 5 nitrogen and oxygen atoms in total. The third kappa shape index (κ3) is 2.99. The summed E-state index contributed by atoms with van der Waals surface area (Å²) in [5, 5.41) is 0.488. The summed E-state index contributed by atoms with van der Waals surface area (Å²) in [5.74, 6) is -0.496. The van der Waals surface area contributed by atoms with Crippen molar-refractivity contribution < 1.29 is 4.79 Å². The van der Waals surface area contributed by atoms with Crippen LogP contribution in [0.5, 0.6) is 0 Å². The Labute approximate surface area is 124 Å². The first-order valence-corrected chi connectivity index (χ1v) is 7.08. The smallest absolute Gasteiger partial charge is 0.250 e. The van der Waals surface area contributed by atoms with Crippen LogP contribution in [0.15, 0.2) is 12.1 Å². The fraction of sp³-hybridized carbons (Fsp3) is 0.500. The molecule has 0 aromatic heterocycles. The number of amides is 1. The van der Waals surface area contributed by atoms with Crippen molar-refractivity contribution in [3.63, 3.8) is 0 Å². The van der Waals surface area contributed by atoms with Crippen molar-refractivity contribution in [3.8, 4) is 0 Å². The van der Waals surface area contributed by atoms with Gasteiger partial charge < -0.3 is 21.3 Å². The Morgan fingerprint density at radius 3 is 2.45 bits per heavy atom. The molecule has 1 amide bonds. The van der Waals surface area contributed by atoms with Gasteiger partial charge in [-0.15, -0.1) is 0 Å². The molecule has 2 rings (SSSR count). The second-order valence-electron chi connectivity index (χ2n) is 5.44. The minimum Gasteiger partial charge on any atom is -0.399 e. The van der Waals surface area contributed by atoms with Crippen LogP contribution in [0.2, 0.25) is 5.02 Å². The van der Waals surface area contributed by atoms with Crippen LogP contribution in [0.25, 0.3) is 0 Å². The zero-order valence-electron chi connectivity index (χ0n) is 11.9. The highest BCUT2D eigenvalue weighted by molar-refractivity contribution is 6.34. The van der Waals surface area contributed by atoms with Crippen molar-refractivity contribution in [2.45, 2.75) is 18.9 Å². The first kappa shape index (κ1) is 14.9. The molecule has 1 aliphatic rings. The highest BCUT2D eigenvalue weighted by atomic mass is 35.5. The number of carbonyl (C=O) groups is 1. The summed E-state index contributed by atoms with van der Waals surface area (Å²) >= 11 is 6.27. The standard InChI is InChI=1S/C14H21ClN4O/c1-18(2)10-3-5-19(6-4-10)13-11(14(17)20)7-9(16)8-12(13)15/h7-8,10H,3-6,16H2,1-2H3,(H2,17,20). The molecule has 6 heteroatoms. The number of hydrogen-bond acceptors (Lipinski definition) is 4. The van der Waals surface area contributed by atoms with Crippen LogP contribution in [-0.2, 0) is 0 Å². The van der Waals surface area contributed by atoms with Gasteiger partial charge in [-0.1, -0.05) is 11.6 Å². The molecule has 1 fully saturated rings. The number of nitrogens with zero attached hydrogens (tertiary/aromatic N) is 2. The average Bonchev–Trinajstić information content (AvgIpc) is 2.37. The molecule has 20 heavy (non-hydrogen) atoms. The van der Waals surface area contributed by atoms with Crippen LogP contribution in [-0.4, -0.2) is 44.0 Å². The van der Waals surface area contributed by atoms with Gasteiger partial charge in [-0.05, 0) is 39.1 Å². The Hall–Kier alpha value is -1.46. The Bertz CT molecular complexity index is 510. The lowest BCUT2D eigenvalue weighted by molar-refractivity contribution is 0.100. The van der Waals surface area contributed by atoms with E-state index in [-0.39, 0.29) is 0 Å². The molecule has 0 unspecified atom stereocenters. The van der Waals surface area contributed by atoms with E-state index in [9.17, 15) is 4.79 Å². The molecule has 0 atom stereocenters. The van der Waals surface area contributed by atoms with Crippen LogP contribution in [0.3, 0.4) is 0 Å². The van der Waals surface area contributed by atoms with Crippen LogP contribution < -0.4 is 16.4 Å². The SMILES string of the molecule is CN(C)C1CCN(c2c(Cl)cc(N)cc2C(N)=O)CC1. The number of piperidine rings is 1. The Balaban J connectivity index is 2.28. The molecule has 0 aliphatic carbocycles. The highest BCUT2D eigenvalue weighted by Gasteiger charge is 2.25. The van der Waals surface area contributed by atoms with E-state index < -0.39 is 5.91 Å². The summed E-state index contributed by atoms with van der Waals surface area (Å²) in [4.78, 5) is 16.0. The fourth-order valence-electron chi connectivity index (χ4n) is 2.74. The normalized spacial score (nSPS) is 16.7. The number of rotatable bonds is 3. The van der Waals surface area contributed by atoms with E-state index >= 15 is 0 Å². The van der Waals surface area contributed by atoms with E-state index in [1.54, 1.807) is 12.1 Å². The third-order valence-electron chi connectivity index (χ3n) is 3.86. The van der Waals surface area contributed by atoms with Gasteiger partial charge in [0.2, 0.25) is 0 Å². The summed E-state index contributed by atoms with van der Waals surface area (Å²) < 4.78 is 0. The maximum atomic E-state index is 11.6. The molecule has 0 saturated carbocycles. The first-order chi connectivity index (χ1) is 9.40. The van der Waals surface area contributed by atoms with Gasteiger partial charge in [0.15, 0.2) is 0 Å². The van der Waals surface area contributed by atoms with Crippen LogP contribution in [0.1, 0.15) is 23.2 Å². The second-order valence-corrected chi connectivity index (χ2v) is 5.85. The Morgan fingerprint density at radius 1 is 1.35 bits per heavy atom. The first-order valence-electron chi connectivity index (χ1n) is 6.70. The van der Waals surface area contributed by atoms with E-state index in [0.29, 0.717) is 28.0 Å². The predicted octanol–water partition coefficient (Wildman–Crippen LogP) is 1.55. The maximum Gasteiger partial charge on any atom is 0.250 e. The van der Waals surface area contributed by atoms with Crippen molar-refractivity contribution in [2.24, 2.45) is 5.73 Å². The molecular formula is C14H21ClN4O. The summed E-state index contributed by atoms with van der Waals surface area (Å²) in [6, 6.07) is 3.83. The lowest BCUT2D eigenvalue weighted by Gasteiger charge is -2.37. The van der Waals surface area contributed by atoms with E-state index in [2.05, 4.69) is 23.9 Å². The molecular weight excluding hydrogens is 276 g/mol. The second kappa shape index (κ2) is 5.89. The van der Waals surface area contributed by atoms with Crippen LogP contribution >= 0.6 is 11.6 Å². The van der Waals surface area contributed by atoms with Crippen molar-refractivity contribution in [3.05, 3.63) is 22.7 Å². The van der Waals surface area contributed by atoms with Crippen molar-refractivity contribution in [1.82, 2.24) is 4.90 Å².